The monoisotopic (exact) mass is 391 g/mol. The largest absolute Gasteiger partial charge is 0.344 e. The number of carbonyl (C=O) groups excluding carboxylic acids is 2. The Bertz CT molecular complexity index is 863. The number of aromatic nitrogens is 3. The van der Waals surface area contributed by atoms with Gasteiger partial charge in [-0.3, -0.25) is 9.59 Å². The van der Waals surface area contributed by atoms with Crippen LogP contribution in [0.1, 0.15) is 38.9 Å². The summed E-state index contributed by atoms with van der Waals surface area (Å²) in [4.78, 5) is 39.7. The van der Waals surface area contributed by atoms with E-state index >= 15 is 0 Å². The van der Waals surface area contributed by atoms with Crippen LogP contribution in [0.2, 0.25) is 0 Å². The van der Waals surface area contributed by atoms with Gasteiger partial charge in [-0.05, 0) is 33.1 Å². The molecule has 2 aromatic rings. The Morgan fingerprint density at radius 3 is 2.69 bits per heavy atom. The minimum Gasteiger partial charge on any atom is -0.344 e. The van der Waals surface area contributed by atoms with Crippen molar-refractivity contribution < 1.29 is 9.59 Å². The van der Waals surface area contributed by atoms with Crippen LogP contribution in [0.25, 0.3) is 0 Å². The fourth-order valence-electron chi connectivity index (χ4n) is 2.78. The third-order valence-electron chi connectivity index (χ3n) is 3.99. The van der Waals surface area contributed by atoms with Gasteiger partial charge in [0.1, 0.15) is 15.7 Å². The smallest absolute Gasteiger partial charge is 0.265 e. The third-order valence-corrected chi connectivity index (χ3v) is 6.07. The molecule has 0 saturated heterocycles. The van der Waals surface area contributed by atoms with Crippen molar-refractivity contribution in [3.8, 4) is 0 Å². The summed E-state index contributed by atoms with van der Waals surface area (Å²) in [5, 5.41) is 4.13. The van der Waals surface area contributed by atoms with Crippen LogP contribution < -0.4 is 5.32 Å². The highest BCUT2D eigenvalue weighted by Gasteiger charge is 2.21. The van der Waals surface area contributed by atoms with Crippen molar-refractivity contribution in [2.24, 2.45) is 0 Å². The highest BCUT2D eigenvalue weighted by atomic mass is 32.2. The summed E-state index contributed by atoms with van der Waals surface area (Å²) in [6.45, 7) is 3.65. The van der Waals surface area contributed by atoms with E-state index in [4.69, 9.17) is 0 Å². The average Bonchev–Trinajstić information content (AvgIpc) is 3.18. The normalized spacial score (nSPS) is 12.8. The van der Waals surface area contributed by atoms with Crippen LogP contribution in [0.3, 0.4) is 0 Å². The van der Waals surface area contributed by atoms with E-state index in [1.165, 1.54) is 33.6 Å². The SMILES string of the molecule is Cc1nc2c(c(SCC(=O)Nc3nc(C)c(C(=O)N(C)C)s3)n1)CCC2. The second-order valence-electron chi connectivity index (χ2n) is 6.32. The zero-order valence-corrected chi connectivity index (χ0v) is 16.9. The summed E-state index contributed by atoms with van der Waals surface area (Å²) in [5.41, 5.74) is 2.92. The quantitative estimate of drug-likeness (QED) is 0.622. The lowest BCUT2D eigenvalue weighted by Crippen LogP contribution is -2.21. The number of thiazole rings is 1. The van der Waals surface area contributed by atoms with Crippen molar-refractivity contribution in [1.82, 2.24) is 19.9 Å². The molecule has 0 saturated carbocycles. The zero-order chi connectivity index (χ0) is 18.8. The highest BCUT2D eigenvalue weighted by molar-refractivity contribution is 8.00. The van der Waals surface area contributed by atoms with Crippen LogP contribution in [-0.4, -0.2) is 51.5 Å². The molecule has 7 nitrogen and oxygen atoms in total. The van der Waals surface area contributed by atoms with Gasteiger partial charge in [0.15, 0.2) is 5.13 Å². The van der Waals surface area contributed by atoms with Crippen LogP contribution in [0.5, 0.6) is 0 Å². The number of amides is 2. The molecule has 0 spiro atoms. The van der Waals surface area contributed by atoms with Crippen molar-refractivity contribution in [2.75, 3.05) is 25.2 Å². The second kappa shape index (κ2) is 7.71. The maximum absolute atomic E-state index is 12.3. The molecule has 1 aliphatic carbocycles. The van der Waals surface area contributed by atoms with Crippen molar-refractivity contribution >= 4 is 40.0 Å². The lowest BCUT2D eigenvalue weighted by molar-refractivity contribution is -0.113. The molecular weight excluding hydrogens is 370 g/mol. The van der Waals surface area contributed by atoms with E-state index in [9.17, 15) is 9.59 Å². The molecule has 0 aromatic carbocycles. The molecule has 0 atom stereocenters. The van der Waals surface area contributed by atoms with E-state index in [2.05, 4.69) is 20.3 Å². The van der Waals surface area contributed by atoms with Gasteiger partial charge in [-0.15, -0.1) is 0 Å². The van der Waals surface area contributed by atoms with Gasteiger partial charge in [0.2, 0.25) is 5.91 Å². The summed E-state index contributed by atoms with van der Waals surface area (Å²) >= 11 is 2.63. The first-order valence-electron chi connectivity index (χ1n) is 8.33. The van der Waals surface area contributed by atoms with E-state index in [-0.39, 0.29) is 17.6 Å². The molecule has 0 radical (unpaired) electrons. The number of fused-ring (bicyclic) bond motifs is 1. The minimum atomic E-state index is -0.157. The summed E-state index contributed by atoms with van der Waals surface area (Å²) in [7, 11) is 3.39. The molecule has 26 heavy (non-hydrogen) atoms. The average molecular weight is 392 g/mol. The maximum atomic E-state index is 12.3. The first kappa shape index (κ1) is 18.8. The second-order valence-corrected chi connectivity index (χ2v) is 8.29. The number of nitrogens with one attached hydrogen (secondary N) is 1. The Morgan fingerprint density at radius 1 is 1.19 bits per heavy atom. The number of aryl methyl sites for hydroxylation is 3. The number of hydrogen-bond acceptors (Lipinski definition) is 7. The molecule has 0 unspecified atom stereocenters. The minimum absolute atomic E-state index is 0.109. The summed E-state index contributed by atoms with van der Waals surface area (Å²) < 4.78 is 0. The number of anilines is 1. The summed E-state index contributed by atoms with van der Waals surface area (Å²) in [6, 6.07) is 0. The lowest BCUT2D eigenvalue weighted by atomic mass is 10.3. The van der Waals surface area contributed by atoms with Gasteiger partial charge in [-0.2, -0.15) is 0 Å². The van der Waals surface area contributed by atoms with Crippen molar-refractivity contribution in [1.29, 1.82) is 0 Å². The molecule has 0 fully saturated rings. The predicted octanol–water partition coefficient (Wildman–Crippen LogP) is 2.47. The number of carbonyl (C=O) groups is 2. The molecule has 2 amide bonds. The molecule has 9 heteroatoms. The Morgan fingerprint density at radius 2 is 1.96 bits per heavy atom. The van der Waals surface area contributed by atoms with Gasteiger partial charge in [-0.1, -0.05) is 23.1 Å². The zero-order valence-electron chi connectivity index (χ0n) is 15.3. The third kappa shape index (κ3) is 4.04. The Hall–Kier alpha value is -2.00. The van der Waals surface area contributed by atoms with Crippen LogP contribution in [0, 0.1) is 13.8 Å². The van der Waals surface area contributed by atoms with Gasteiger partial charge >= 0.3 is 0 Å². The van der Waals surface area contributed by atoms with E-state index in [1.54, 1.807) is 21.0 Å². The summed E-state index contributed by atoms with van der Waals surface area (Å²) in [6.07, 6.45) is 3.05. The molecule has 1 aliphatic rings. The number of nitrogens with zero attached hydrogens (tertiary/aromatic N) is 4. The molecule has 1 N–H and O–H groups in total. The number of hydrogen-bond donors (Lipinski definition) is 1. The van der Waals surface area contributed by atoms with Gasteiger partial charge in [0.05, 0.1) is 11.4 Å². The molecule has 138 valence electrons. The first-order chi connectivity index (χ1) is 12.3. The highest BCUT2D eigenvalue weighted by Crippen LogP contribution is 2.30. The van der Waals surface area contributed by atoms with Crippen LogP contribution in [-0.2, 0) is 17.6 Å². The van der Waals surface area contributed by atoms with Crippen molar-refractivity contribution in [2.45, 2.75) is 38.1 Å². The number of thioether (sulfide) groups is 1. The standard InChI is InChI=1S/C17H21N5O2S2/c1-9-14(16(24)22(3)4)26-17(18-9)21-13(23)8-25-15-11-6-5-7-12(11)19-10(2)20-15/h5-8H2,1-4H3,(H,18,21,23). The van der Waals surface area contributed by atoms with Crippen molar-refractivity contribution in [3.05, 3.63) is 27.7 Å². The van der Waals surface area contributed by atoms with Crippen LogP contribution >= 0.6 is 23.1 Å². The molecule has 0 aliphatic heterocycles. The van der Waals surface area contributed by atoms with Gasteiger partial charge in [0.25, 0.3) is 5.91 Å². The molecule has 2 aromatic heterocycles. The first-order valence-corrected chi connectivity index (χ1v) is 10.1. The van der Waals surface area contributed by atoms with Gasteiger partial charge in [0, 0.05) is 25.4 Å². The topological polar surface area (TPSA) is 88.1 Å². The lowest BCUT2D eigenvalue weighted by Gasteiger charge is -2.08. The fraction of sp³-hybridized carbons (Fsp3) is 0.471. The van der Waals surface area contributed by atoms with Crippen LogP contribution in [0.15, 0.2) is 5.03 Å². The van der Waals surface area contributed by atoms with E-state index < -0.39 is 0 Å². The van der Waals surface area contributed by atoms with E-state index in [0.29, 0.717) is 15.7 Å². The molecule has 2 heterocycles. The van der Waals surface area contributed by atoms with Gasteiger partial charge < -0.3 is 10.2 Å². The van der Waals surface area contributed by atoms with Gasteiger partial charge in [-0.25, -0.2) is 15.0 Å². The van der Waals surface area contributed by atoms with Crippen molar-refractivity contribution in [3.63, 3.8) is 0 Å². The fourth-order valence-corrected chi connectivity index (χ4v) is 4.71. The number of rotatable bonds is 5. The molecule has 3 rings (SSSR count). The summed E-state index contributed by atoms with van der Waals surface area (Å²) in [5.74, 6) is 0.729. The Kier molecular flexibility index (Phi) is 5.57. The molecular formula is C17H21N5O2S2. The van der Waals surface area contributed by atoms with E-state index in [1.807, 2.05) is 6.92 Å². The Labute approximate surface area is 160 Å². The van der Waals surface area contributed by atoms with Crippen LogP contribution in [0.4, 0.5) is 5.13 Å². The van der Waals surface area contributed by atoms with E-state index in [0.717, 1.165) is 35.8 Å². The molecule has 0 bridgehead atoms. The Balaban J connectivity index is 1.64. The maximum Gasteiger partial charge on any atom is 0.265 e. The predicted molar refractivity (Wildman–Crippen MR) is 103 cm³/mol.